The van der Waals surface area contributed by atoms with E-state index in [0.717, 1.165) is 40.9 Å². The van der Waals surface area contributed by atoms with Crippen molar-refractivity contribution in [1.29, 1.82) is 0 Å². The van der Waals surface area contributed by atoms with E-state index in [9.17, 15) is 9.59 Å². The van der Waals surface area contributed by atoms with Crippen molar-refractivity contribution in [2.75, 3.05) is 30.8 Å². The number of unbranched alkanes of at least 4 members (excludes halogenated alkanes) is 1. The van der Waals surface area contributed by atoms with Gasteiger partial charge in [0.2, 0.25) is 5.91 Å². The van der Waals surface area contributed by atoms with Crippen molar-refractivity contribution in [2.45, 2.75) is 33.6 Å². The SMILES string of the molecule is CCCCN(CC(=O)Nc1cc(-c2ccccc2)nn1-c1ccc(C)cc1C)C(=O)Nc1cccc(OC)c1. The van der Waals surface area contributed by atoms with Crippen LogP contribution in [-0.2, 0) is 4.79 Å². The molecule has 0 unspecified atom stereocenters. The number of methoxy groups -OCH3 is 1. The van der Waals surface area contributed by atoms with Crippen molar-refractivity contribution >= 4 is 23.4 Å². The molecule has 4 rings (SSSR count). The van der Waals surface area contributed by atoms with E-state index in [-0.39, 0.29) is 18.5 Å². The molecule has 0 radical (unpaired) electrons. The lowest BCUT2D eigenvalue weighted by Gasteiger charge is -2.23. The number of hydrogen-bond acceptors (Lipinski definition) is 4. The van der Waals surface area contributed by atoms with E-state index in [2.05, 4.69) is 16.7 Å². The van der Waals surface area contributed by atoms with Crippen LogP contribution in [0.15, 0.2) is 78.9 Å². The number of nitrogens with zero attached hydrogens (tertiary/aromatic N) is 3. The van der Waals surface area contributed by atoms with Crippen LogP contribution >= 0.6 is 0 Å². The fourth-order valence-electron chi connectivity index (χ4n) is 4.31. The van der Waals surface area contributed by atoms with Gasteiger partial charge >= 0.3 is 6.03 Å². The van der Waals surface area contributed by atoms with Crippen LogP contribution < -0.4 is 15.4 Å². The Morgan fingerprint density at radius 1 is 0.949 bits per heavy atom. The van der Waals surface area contributed by atoms with Crippen molar-refractivity contribution in [3.8, 4) is 22.7 Å². The van der Waals surface area contributed by atoms with Gasteiger partial charge in [-0.15, -0.1) is 0 Å². The second-order valence-corrected chi connectivity index (χ2v) is 9.47. The molecule has 4 aromatic rings. The molecule has 8 nitrogen and oxygen atoms in total. The molecular formula is C31H35N5O3. The monoisotopic (exact) mass is 525 g/mol. The lowest BCUT2D eigenvalue weighted by atomic mass is 10.1. The summed E-state index contributed by atoms with van der Waals surface area (Å²) in [5, 5.41) is 10.7. The van der Waals surface area contributed by atoms with Crippen LogP contribution in [0, 0.1) is 13.8 Å². The molecule has 8 heteroatoms. The van der Waals surface area contributed by atoms with Crippen LogP contribution in [0.5, 0.6) is 5.75 Å². The molecular weight excluding hydrogens is 490 g/mol. The summed E-state index contributed by atoms with van der Waals surface area (Å²) < 4.78 is 7.00. The highest BCUT2D eigenvalue weighted by molar-refractivity contribution is 5.97. The Bertz CT molecular complexity index is 1430. The summed E-state index contributed by atoms with van der Waals surface area (Å²) >= 11 is 0. The van der Waals surface area contributed by atoms with Gasteiger partial charge in [-0.25, -0.2) is 9.48 Å². The fourth-order valence-corrected chi connectivity index (χ4v) is 4.31. The Hall–Kier alpha value is -4.59. The van der Waals surface area contributed by atoms with E-state index >= 15 is 0 Å². The Morgan fingerprint density at radius 2 is 1.74 bits per heavy atom. The number of carbonyl (C=O) groups excluding carboxylic acids is 2. The summed E-state index contributed by atoms with van der Waals surface area (Å²) in [6, 6.07) is 24.6. The highest BCUT2D eigenvalue weighted by Gasteiger charge is 2.20. The molecule has 0 fully saturated rings. The minimum Gasteiger partial charge on any atom is -0.497 e. The van der Waals surface area contributed by atoms with Gasteiger partial charge in [-0.1, -0.05) is 67.4 Å². The molecule has 0 aliphatic rings. The smallest absolute Gasteiger partial charge is 0.322 e. The minimum absolute atomic E-state index is 0.103. The predicted octanol–water partition coefficient (Wildman–Crippen LogP) is 6.44. The maximum Gasteiger partial charge on any atom is 0.322 e. The summed E-state index contributed by atoms with van der Waals surface area (Å²) in [6.45, 7) is 6.46. The fraction of sp³-hybridized carbons (Fsp3) is 0.258. The number of hydrogen-bond donors (Lipinski definition) is 2. The average molecular weight is 526 g/mol. The first-order valence-electron chi connectivity index (χ1n) is 13.1. The molecule has 2 N–H and O–H groups in total. The van der Waals surface area contributed by atoms with E-state index < -0.39 is 0 Å². The van der Waals surface area contributed by atoms with Crippen LogP contribution in [0.3, 0.4) is 0 Å². The van der Waals surface area contributed by atoms with Gasteiger partial charge < -0.3 is 20.3 Å². The molecule has 3 amide bonds. The number of nitrogens with one attached hydrogen (secondary N) is 2. The molecule has 0 atom stereocenters. The summed E-state index contributed by atoms with van der Waals surface area (Å²) in [4.78, 5) is 28.0. The van der Waals surface area contributed by atoms with Crippen molar-refractivity contribution in [2.24, 2.45) is 0 Å². The molecule has 3 aromatic carbocycles. The predicted molar refractivity (Wildman–Crippen MR) is 156 cm³/mol. The first kappa shape index (κ1) is 27.4. The van der Waals surface area contributed by atoms with Crippen LogP contribution in [0.1, 0.15) is 30.9 Å². The van der Waals surface area contributed by atoms with Gasteiger partial charge in [0.05, 0.1) is 18.5 Å². The van der Waals surface area contributed by atoms with Gasteiger partial charge in [-0.3, -0.25) is 4.79 Å². The minimum atomic E-state index is -0.347. The first-order chi connectivity index (χ1) is 18.9. The Morgan fingerprint density at radius 3 is 2.46 bits per heavy atom. The molecule has 202 valence electrons. The quantitative estimate of drug-likeness (QED) is 0.249. The molecule has 0 saturated heterocycles. The number of carbonyl (C=O) groups is 2. The Labute approximate surface area is 229 Å². The molecule has 1 aromatic heterocycles. The highest BCUT2D eigenvalue weighted by atomic mass is 16.5. The van der Waals surface area contributed by atoms with Gasteiger partial charge in [0, 0.05) is 29.9 Å². The Balaban J connectivity index is 1.57. The molecule has 39 heavy (non-hydrogen) atoms. The van der Waals surface area contributed by atoms with Crippen molar-refractivity contribution < 1.29 is 14.3 Å². The topological polar surface area (TPSA) is 88.5 Å². The maximum atomic E-state index is 13.3. The summed E-state index contributed by atoms with van der Waals surface area (Å²) in [6.07, 6.45) is 1.67. The molecule has 0 spiro atoms. The van der Waals surface area contributed by atoms with E-state index in [0.29, 0.717) is 23.8 Å². The van der Waals surface area contributed by atoms with Crippen LogP contribution in [0.2, 0.25) is 0 Å². The number of anilines is 2. The zero-order chi connectivity index (χ0) is 27.8. The first-order valence-corrected chi connectivity index (χ1v) is 13.1. The second kappa shape index (κ2) is 12.8. The summed E-state index contributed by atoms with van der Waals surface area (Å²) in [5.74, 6) is 0.867. The lowest BCUT2D eigenvalue weighted by molar-refractivity contribution is -0.116. The van der Waals surface area contributed by atoms with Gasteiger partial charge in [0.15, 0.2) is 0 Å². The number of ether oxygens (including phenoxy) is 1. The van der Waals surface area contributed by atoms with E-state index in [1.165, 1.54) is 4.90 Å². The standard InChI is InChI=1S/C31H35N5O3/c1-5-6-17-35(31(38)32-25-13-10-14-26(19-25)39-4)21-30(37)33-29-20-27(24-11-8-7-9-12-24)34-36(29)28-16-15-22(2)18-23(28)3/h7-16,18-20H,5-6,17,21H2,1-4H3,(H,32,38)(H,33,37). The van der Waals surface area contributed by atoms with Crippen LogP contribution in [0.25, 0.3) is 16.9 Å². The van der Waals surface area contributed by atoms with Crippen LogP contribution in [-0.4, -0.2) is 46.8 Å². The van der Waals surface area contributed by atoms with Crippen LogP contribution in [0.4, 0.5) is 16.3 Å². The van der Waals surface area contributed by atoms with E-state index in [1.807, 2.05) is 69.3 Å². The third-order valence-electron chi connectivity index (χ3n) is 6.35. The van der Waals surface area contributed by atoms with Gasteiger partial charge in [0.1, 0.15) is 18.1 Å². The van der Waals surface area contributed by atoms with E-state index in [4.69, 9.17) is 9.84 Å². The molecule has 0 bridgehead atoms. The van der Waals surface area contributed by atoms with Gasteiger partial charge in [0.25, 0.3) is 0 Å². The van der Waals surface area contributed by atoms with E-state index in [1.54, 1.807) is 36.1 Å². The van der Waals surface area contributed by atoms with Gasteiger partial charge in [-0.05, 0) is 44.0 Å². The summed E-state index contributed by atoms with van der Waals surface area (Å²) in [7, 11) is 1.57. The number of urea groups is 1. The van der Waals surface area contributed by atoms with Crippen molar-refractivity contribution in [3.63, 3.8) is 0 Å². The Kier molecular flexibility index (Phi) is 8.99. The zero-order valence-electron chi connectivity index (χ0n) is 22.9. The number of aryl methyl sites for hydroxylation is 2. The average Bonchev–Trinajstić information content (AvgIpc) is 3.34. The normalized spacial score (nSPS) is 10.7. The largest absolute Gasteiger partial charge is 0.497 e. The molecule has 1 heterocycles. The van der Waals surface area contributed by atoms with Crippen molar-refractivity contribution in [3.05, 3.63) is 90.0 Å². The molecule has 0 aliphatic heterocycles. The van der Waals surface area contributed by atoms with Gasteiger partial charge in [-0.2, -0.15) is 5.10 Å². The molecule has 0 saturated carbocycles. The number of amides is 3. The number of benzene rings is 3. The highest BCUT2D eigenvalue weighted by Crippen LogP contribution is 2.27. The zero-order valence-corrected chi connectivity index (χ0v) is 22.9. The lowest BCUT2D eigenvalue weighted by Crippen LogP contribution is -2.41. The third-order valence-corrected chi connectivity index (χ3v) is 6.35. The summed E-state index contributed by atoms with van der Waals surface area (Å²) in [5.41, 5.74) is 5.34. The second-order valence-electron chi connectivity index (χ2n) is 9.47. The maximum absolute atomic E-state index is 13.3. The third kappa shape index (κ3) is 7.04. The van der Waals surface area contributed by atoms with Crippen molar-refractivity contribution in [1.82, 2.24) is 14.7 Å². The number of rotatable bonds is 10. The number of aromatic nitrogens is 2. The molecule has 0 aliphatic carbocycles.